The first-order valence-corrected chi connectivity index (χ1v) is 2.22. The molecule has 0 aromatic rings. The molecule has 0 aromatic heterocycles. The zero-order valence-electron chi connectivity index (χ0n) is 5.06. The third-order valence-electron chi connectivity index (χ3n) is 0.733. The summed E-state index contributed by atoms with van der Waals surface area (Å²) in [5.74, 6) is -8.76. The van der Waals surface area contributed by atoms with Gasteiger partial charge in [0, 0.05) is 0 Å². The van der Waals surface area contributed by atoms with Crippen molar-refractivity contribution in [3.05, 3.63) is 4.91 Å². The smallest absolute Gasteiger partial charge is 0.277 e. The number of hydrogen-bond donors (Lipinski definition) is 0. The van der Waals surface area contributed by atoms with Crippen molar-refractivity contribution in [1.82, 2.24) is 0 Å². The fourth-order valence-electron chi connectivity index (χ4n) is 0.207. The summed E-state index contributed by atoms with van der Waals surface area (Å²) < 4.78 is 57.1. The van der Waals surface area contributed by atoms with Gasteiger partial charge in [0.2, 0.25) is 0 Å². The highest BCUT2D eigenvalue weighted by molar-refractivity contribution is 5.78. The maximum Gasteiger partial charge on any atom is 0.465 e. The lowest BCUT2D eigenvalue weighted by atomic mass is 10.3. The van der Waals surface area contributed by atoms with Gasteiger partial charge in [-0.1, -0.05) is 0 Å². The van der Waals surface area contributed by atoms with Crippen LogP contribution in [0.3, 0.4) is 0 Å². The lowest BCUT2D eigenvalue weighted by Crippen LogP contribution is -2.44. The first-order valence-electron chi connectivity index (χ1n) is 2.22. The fraction of sp³-hybridized carbons (Fsp3) is 0.667. The number of carbonyl (C=O) groups is 1. The number of rotatable bonds is 2. The van der Waals surface area contributed by atoms with E-state index in [9.17, 15) is 26.7 Å². The minimum atomic E-state index is -6.09. The highest BCUT2D eigenvalue weighted by Crippen LogP contribution is 2.36. The predicted octanol–water partition coefficient (Wildman–Crippen LogP) is 1.41. The number of halogens is 5. The molecule has 0 atom stereocenters. The zero-order valence-corrected chi connectivity index (χ0v) is 5.06. The van der Waals surface area contributed by atoms with Crippen LogP contribution in [-0.4, -0.2) is 18.1 Å². The molecule has 0 unspecified atom stereocenters. The summed E-state index contributed by atoms with van der Waals surface area (Å²) in [6.07, 6.45) is -6.09. The molecule has 0 aliphatic rings. The van der Waals surface area contributed by atoms with Gasteiger partial charge in [-0.3, -0.25) is 4.84 Å². The molecule has 4 nitrogen and oxygen atoms in total. The van der Waals surface area contributed by atoms with Gasteiger partial charge in [0.05, 0.1) is 0 Å². The second-order valence-corrected chi connectivity index (χ2v) is 1.53. The fourth-order valence-corrected chi connectivity index (χ4v) is 0.207. The van der Waals surface area contributed by atoms with Gasteiger partial charge in [-0.05, 0) is 0 Å². The van der Waals surface area contributed by atoms with E-state index in [2.05, 4.69) is 4.84 Å². The minimum Gasteiger partial charge on any atom is -0.277 e. The topological polar surface area (TPSA) is 55.7 Å². The van der Waals surface area contributed by atoms with Gasteiger partial charge in [-0.2, -0.15) is 22.0 Å². The minimum absolute atomic E-state index is 1.14. The molecule has 0 amide bonds. The molecule has 0 bridgehead atoms. The molecule has 0 heterocycles. The Bertz CT molecular complexity index is 199. The van der Waals surface area contributed by atoms with Gasteiger partial charge < -0.3 is 0 Å². The molecular weight excluding hydrogens is 193 g/mol. The van der Waals surface area contributed by atoms with Crippen LogP contribution >= 0.6 is 0 Å². The molecule has 0 aliphatic heterocycles. The molecule has 0 rings (SSSR count). The third kappa shape index (κ3) is 1.86. The largest absolute Gasteiger partial charge is 0.465 e. The van der Waals surface area contributed by atoms with E-state index in [1.807, 2.05) is 0 Å². The van der Waals surface area contributed by atoms with E-state index in [0.717, 1.165) is 5.34 Å². The predicted molar refractivity (Wildman–Crippen MR) is 22.9 cm³/mol. The van der Waals surface area contributed by atoms with Crippen molar-refractivity contribution in [3.63, 3.8) is 0 Å². The van der Waals surface area contributed by atoms with E-state index in [1.54, 1.807) is 0 Å². The normalized spacial score (nSPS) is 12.4. The van der Waals surface area contributed by atoms with Crippen LogP contribution in [0.5, 0.6) is 0 Å². The summed E-state index contributed by atoms with van der Waals surface area (Å²) in [4.78, 5) is 21.3. The van der Waals surface area contributed by atoms with E-state index in [4.69, 9.17) is 4.91 Å². The van der Waals surface area contributed by atoms with Crippen molar-refractivity contribution >= 4 is 5.97 Å². The van der Waals surface area contributed by atoms with Crippen LogP contribution in [0, 0.1) is 4.91 Å². The van der Waals surface area contributed by atoms with Crippen molar-refractivity contribution < 1.29 is 31.6 Å². The molecule has 0 saturated heterocycles. The van der Waals surface area contributed by atoms with Gasteiger partial charge in [0.1, 0.15) is 0 Å². The molecule has 0 saturated carbocycles. The summed E-state index contributed by atoms with van der Waals surface area (Å²) in [5, 5.41) is 1.14. The van der Waals surface area contributed by atoms with Gasteiger partial charge >= 0.3 is 18.1 Å². The van der Waals surface area contributed by atoms with Gasteiger partial charge in [0.25, 0.3) is 0 Å². The Morgan fingerprint density at radius 3 is 1.83 bits per heavy atom. The average Bonchev–Trinajstić information content (AvgIpc) is 1.85. The molecular formula is C3F5NO3. The highest BCUT2D eigenvalue weighted by Gasteiger charge is 2.65. The van der Waals surface area contributed by atoms with E-state index in [0.29, 0.717) is 0 Å². The summed E-state index contributed by atoms with van der Waals surface area (Å²) in [5.41, 5.74) is 0. The Morgan fingerprint density at radius 2 is 1.58 bits per heavy atom. The molecule has 0 spiro atoms. The summed E-state index contributed by atoms with van der Waals surface area (Å²) in [6.45, 7) is 0. The Hall–Kier alpha value is -1.28. The monoisotopic (exact) mass is 193 g/mol. The number of carbonyl (C=O) groups excluding carboxylic acids is 1. The molecule has 12 heavy (non-hydrogen) atoms. The van der Waals surface area contributed by atoms with Crippen LogP contribution in [0.15, 0.2) is 5.34 Å². The summed E-state index contributed by atoms with van der Waals surface area (Å²) in [7, 11) is 0. The van der Waals surface area contributed by atoms with Crippen molar-refractivity contribution in [3.8, 4) is 0 Å². The van der Waals surface area contributed by atoms with Gasteiger partial charge in [0.15, 0.2) is 5.34 Å². The van der Waals surface area contributed by atoms with Crippen molar-refractivity contribution in [2.45, 2.75) is 12.1 Å². The summed E-state index contributed by atoms with van der Waals surface area (Å²) in [6, 6.07) is 0. The maximum atomic E-state index is 11.7. The Morgan fingerprint density at radius 1 is 1.17 bits per heavy atom. The van der Waals surface area contributed by atoms with Crippen molar-refractivity contribution in [2.24, 2.45) is 5.34 Å². The third-order valence-corrected chi connectivity index (χ3v) is 0.733. The second kappa shape index (κ2) is 2.99. The zero-order chi connectivity index (χ0) is 9.99. The molecule has 70 valence electrons. The molecule has 0 N–H and O–H groups in total. The summed E-state index contributed by atoms with van der Waals surface area (Å²) >= 11 is 0. The lowest BCUT2D eigenvalue weighted by Gasteiger charge is -2.14. The molecule has 9 heteroatoms. The number of alkyl halides is 5. The second-order valence-electron chi connectivity index (χ2n) is 1.53. The SMILES string of the molecule is O=NOC(=O)C(F)(F)C(F)(F)F. The Kier molecular flexibility index (Phi) is 2.67. The first kappa shape index (κ1) is 10.7. The molecule has 0 aromatic carbocycles. The van der Waals surface area contributed by atoms with Crippen LogP contribution in [0.4, 0.5) is 22.0 Å². The van der Waals surface area contributed by atoms with Gasteiger partial charge in [-0.25, -0.2) is 4.79 Å². The maximum absolute atomic E-state index is 11.7. The van der Waals surface area contributed by atoms with Crippen LogP contribution in [0.2, 0.25) is 0 Å². The van der Waals surface area contributed by atoms with E-state index in [-0.39, 0.29) is 0 Å². The Labute approximate surface area is 61.2 Å². The van der Waals surface area contributed by atoms with Crippen LogP contribution in [0.25, 0.3) is 0 Å². The average molecular weight is 193 g/mol. The van der Waals surface area contributed by atoms with Crippen LogP contribution < -0.4 is 0 Å². The highest BCUT2D eigenvalue weighted by atomic mass is 19.4. The molecule has 0 aliphatic carbocycles. The van der Waals surface area contributed by atoms with Gasteiger partial charge in [-0.15, -0.1) is 4.91 Å². The first-order chi connectivity index (χ1) is 5.23. The quantitative estimate of drug-likeness (QED) is 0.378. The number of hydrogen-bond acceptors (Lipinski definition) is 4. The standard InChI is InChI=1S/C3F5NO3/c4-2(5,3(6,7)8)1(10)12-9-11. The number of nitrogens with zero attached hydrogens (tertiary/aromatic N) is 1. The van der Waals surface area contributed by atoms with Crippen molar-refractivity contribution in [2.75, 3.05) is 0 Å². The van der Waals surface area contributed by atoms with E-state index < -0.39 is 18.1 Å². The van der Waals surface area contributed by atoms with Crippen LogP contribution in [-0.2, 0) is 9.63 Å². The van der Waals surface area contributed by atoms with Crippen molar-refractivity contribution in [1.29, 1.82) is 0 Å². The van der Waals surface area contributed by atoms with E-state index >= 15 is 0 Å². The van der Waals surface area contributed by atoms with E-state index in [1.165, 1.54) is 0 Å². The lowest BCUT2D eigenvalue weighted by molar-refractivity contribution is -0.280. The Balaban J connectivity index is 4.61. The molecule has 0 radical (unpaired) electrons. The van der Waals surface area contributed by atoms with Crippen LogP contribution in [0.1, 0.15) is 0 Å². The molecule has 0 fully saturated rings.